The third kappa shape index (κ3) is 4.14. The van der Waals surface area contributed by atoms with Gasteiger partial charge in [-0.25, -0.2) is 9.48 Å². The summed E-state index contributed by atoms with van der Waals surface area (Å²) in [5.41, 5.74) is 2.58. The Morgan fingerprint density at radius 3 is 2.67 bits per heavy atom. The molecule has 0 atom stereocenters. The average molecular weight is 341 g/mol. The van der Waals surface area contributed by atoms with Crippen LogP contribution < -0.4 is 10.6 Å². The molecule has 0 saturated heterocycles. The maximum Gasteiger partial charge on any atom is 0.319 e. The van der Waals surface area contributed by atoms with Crippen LogP contribution in [0.3, 0.4) is 0 Å². The highest BCUT2D eigenvalue weighted by Crippen LogP contribution is 2.23. The molecule has 1 aromatic heterocycles. The van der Waals surface area contributed by atoms with E-state index in [2.05, 4.69) is 15.7 Å². The minimum Gasteiger partial charge on any atom is -0.338 e. The number of urea groups is 1. The van der Waals surface area contributed by atoms with Crippen LogP contribution in [0.2, 0.25) is 5.02 Å². The lowest BCUT2D eigenvalue weighted by Crippen LogP contribution is -2.30. The number of nitrogens with one attached hydrogen (secondary N) is 2. The van der Waals surface area contributed by atoms with Crippen LogP contribution in [0.15, 0.2) is 67.0 Å². The van der Waals surface area contributed by atoms with E-state index in [4.69, 9.17) is 11.6 Å². The monoisotopic (exact) mass is 340 g/mol. The highest BCUT2D eigenvalue weighted by atomic mass is 35.5. The zero-order valence-corrected chi connectivity index (χ0v) is 13.7. The van der Waals surface area contributed by atoms with E-state index in [1.54, 1.807) is 23.0 Å². The molecule has 0 aliphatic carbocycles. The molecule has 2 N–H and O–H groups in total. The number of carbonyl (C=O) groups is 1. The van der Waals surface area contributed by atoms with Crippen LogP contribution in [-0.4, -0.2) is 22.4 Å². The first-order valence-electron chi connectivity index (χ1n) is 7.61. The first-order valence-corrected chi connectivity index (χ1v) is 7.98. The van der Waals surface area contributed by atoms with Gasteiger partial charge in [0.15, 0.2) is 0 Å². The highest BCUT2D eigenvalue weighted by molar-refractivity contribution is 6.32. The number of benzene rings is 2. The summed E-state index contributed by atoms with van der Waals surface area (Å²) in [6.45, 7) is 0.564. The maximum absolute atomic E-state index is 11.9. The van der Waals surface area contributed by atoms with E-state index in [-0.39, 0.29) is 6.03 Å². The third-order valence-corrected chi connectivity index (χ3v) is 3.80. The molecular weight excluding hydrogens is 324 g/mol. The number of aromatic nitrogens is 2. The Morgan fingerprint density at radius 1 is 1.12 bits per heavy atom. The minimum atomic E-state index is -0.256. The van der Waals surface area contributed by atoms with Crippen LogP contribution in [0.4, 0.5) is 10.5 Å². The van der Waals surface area contributed by atoms with Gasteiger partial charge < -0.3 is 10.6 Å². The van der Waals surface area contributed by atoms with Crippen molar-refractivity contribution in [1.29, 1.82) is 0 Å². The van der Waals surface area contributed by atoms with E-state index in [0.29, 0.717) is 17.3 Å². The fourth-order valence-electron chi connectivity index (χ4n) is 2.32. The van der Waals surface area contributed by atoms with Gasteiger partial charge in [-0.05, 0) is 36.2 Å². The number of anilines is 1. The first kappa shape index (κ1) is 16.1. The van der Waals surface area contributed by atoms with Crippen molar-refractivity contribution in [3.63, 3.8) is 0 Å². The molecule has 1 heterocycles. The van der Waals surface area contributed by atoms with E-state index in [9.17, 15) is 4.79 Å². The Bertz CT molecular complexity index is 803. The molecule has 6 heteroatoms. The van der Waals surface area contributed by atoms with Crippen molar-refractivity contribution in [1.82, 2.24) is 15.1 Å². The second kappa shape index (κ2) is 7.66. The number of rotatable bonds is 5. The van der Waals surface area contributed by atoms with E-state index in [0.717, 1.165) is 12.1 Å². The van der Waals surface area contributed by atoms with Crippen LogP contribution >= 0.6 is 11.6 Å². The summed E-state index contributed by atoms with van der Waals surface area (Å²) in [7, 11) is 0. The van der Waals surface area contributed by atoms with Crippen molar-refractivity contribution in [3.05, 3.63) is 77.6 Å². The fourth-order valence-corrected chi connectivity index (χ4v) is 2.59. The molecule has 2 aromatic carbocycles. The predicted molar refractivity (Wildman–Crippen MR) is 95.7 cm³/mol. The summed E-state index contributed by atoms with van der Waals surface area (Å²) in [4.78, 5) is 11.9. The van der Waals surface area contributed by atoms with Crippen molar-refractivity contribution in [3.8, 4) is 5.69 Å². The zero-order chi connectivity index (χ0) is 16.8. The molecule has 0 radical (unpaired) electrons. The topological polar surface area (TPSA) is 59.0 Å². The van der Waals surface area contributed by atoms with Crippen molar-refractivity contribution in [2.24, 2.45) is 0 Å². The van der Waals surface area contributed by atoms with Crippen LogP contribution in [0.25, 0.3) is 5.69 Å². The molecule has 0 aliphatic heterocycles. The summed E-state index contributed by atoms with van der Waals surface area (Å²) in [5, 5.41) is 10.3. The lowest BCUT2D eigenvalue weighted by Gasteiger charge is -2.10. The molecule has 0 unspecified atom stereocenters. The van der Waals surface area contributed by atoms with Gasteiger partial charge in [-0.2, -0.15) is 5.10 Å². The van der Waals surface area contributed by atoms with Crippen LogP contribution in [0.1, 0.15) is 5.56 Å². The summed E-state index contributed by atoms with van der Waals surface area (Å²) in [6.07, 6.45) is 4.28. The smallest absolute Gasteiger partial charge is 0.319 e. The van der Waals surface area contributed by atoms with Gasteiger partial charge in [-0.15, -0.1) is 0 Å². The molecule has 2 amide bonds. The van der Waals surface area contributed by atoms with Crippen LogP contribution in [-0.2, 0) is 6.42 Å². The molecule has 0 bridgehead atoms. The van der Waals surface area contributed by atoms with Crippen LogP contribution in [0.5, 0.6) is 0 Å². The van der Waals surface area contributed by atoms with Crippen molar-refractivity contribution in [2.45, 2.75) is 6.42 Å². The summed E-state index contributed by atoms with van der Waals surface area (Å²) < 4.78 is 1.67. The molecule has 122 valence electrons. The van der Waals surface area contributed by atoms with Gasteiger partial charge in [0.1, 0.15) is 0 Å². The Hall–Kier alpha value is -2.79. The fraction of sp³-hybridized carbons (Fsp3) is 0.111. The maximum atomic E-state index is 11.9. The molecule has 0 aliphatic rings. The third-order valence-electron chi connectivity index (χ3n) is 3.50. The van der Waals surface area contributed by atoms with Crippen molar-refractivity contribution in [2.75, 3.05) is 11.9 Å². The first-order chi connectivity index (χ1) is 11.7. The van der Waals surface area contributed by atoms with Crippen molar-refractivity contribution >= 4 is 23.3 Å². The van der Waals surface area contributed by atoms with Gasteiger partial charge in [0.25, 0.3) is 0 Å². The molecule has 5 nitrogen and oxygen atoms in total. The molecular formula is C18H17ClN4O. The van der Waals surface area contributed by atoms with Gasteiger partial charge in [0.05, 0.1) is 10.7 Å². The van der Waals surface area contributed by atoms with Gasteiger partial charge in [0.2, 0.25) is 0 Å². The molecule has 3 rings (SSSR count). The van der Waals surface area contributed by atoms with E-state index in [1.807, 2.05) is 48.7 Å². The Labute approximate surface area is 145 Å². The van der Waals surface area contributed by atoms with Crippen LogP contribution in [0, 0.1) is 0 Å². The highest BCUT2D eigenvalue weighted by Gasteiger charge is 2.06. The van der Waals surface area contributed by atoms with Gasteiger partial charge in [0, 0.05) is 24.6 Å². The number of hydrogen-bond donors (Lipinski definition) is 2. The molecule has 24 heavy (non-hydrogen) atoms. The standard InChI is InChI=1S/C18H17ClN4O/c19-16-13-15(7-8-17(16)23-12-4-10-21-23)22-18(24)20-11-9-14-5-2-1-3-6-14/h1-8,10,12-13H,9,11H2,(H2,20,22,24). The largest absolute Gasteiger partial charge is 0.338 e. The summed E-state index contributed by atoms with van der Waals surface area (Å²) in [6, 6.07) is 16.9. The normalized spacial score (nSPS) is 10.4. The second-order valence-electron chi connectivity index (χ2n) is 5.23. The number of hydrogen-bond acceptors (Lipinski definition) is 2. The predicted octanol–water partition coefficient (Wildman–Crippen LogP) is 3.89. The second-order valence-corrected chi connectivity index (χ2v) is 5.64. The molecule has 3 aromatic rings. The zero-order valence-electron chi connectivity index (χ0n) is 12.9. The summed E-state index contributed by atoms with van der Waals surface area (Å²) in [5.74, 6) is 0. The lowest BCUT2D eigenvalue weighted by molar-refractivity contribution is 0.252. The van der Waals surface area contributed by atoms with Gasteiger partial charge in [-0.1, -0.05) is 41.9 Å². The van der Waals surface area contributed by atoms with E-state index in [1.165, 1.54) is 5.56 Å². The van der Waals surface area contributed by atoms with E-state index >= 15 is 0 Å². The molecule has 0 saturated carbocycles. The SMILES string of the molecule is O=C(NCCc1ccccc1)Nc1ccc(-n2cccn2)c(Cl)c1. The Balaban J connectivity index is 1.54. The Morgan fingerprint density at radius 2 is 1.96 bits per heavy atom. The number of carbonyl (C=O) groups excluding carboxylic acids is 1. The quantitative estimate of drug-likeness (QED) is 0.740. The average Bonchev–Trinajstić information content (AvgIpc) is 3.10. The number of amides is 2. The molecule has 0 fully saturated rings. The molecule has 0 spiro atoms. The Kier molecular flexibility index (Phi) is 5.13. The summed E-state index contributed by atoms with van der Waals surface area (Å²) >= 11 is 6.26. The van der Waals surface area contributed by atoms with E-state index < -0.39 is 0 Å². The number of halogens is 1. The number of nitrogens with zero attached hydrogens (tertiary/aromatic N) is 2. The van der Waals surface area contributed by atoms with Gasteiger partial charge in [-0.3, -0.25) is 0 Å². The van der Waals surface area contributed by atoms with Crippen molar-refractivity contribution < 1.29 is 4.79 Å². The lowest BCUT2D eigenvalue weighted by atomic mass is 10.1. The minimum absolute atomic E-state index is 0.256. The van der Waals surface area contributed by atoms with Gasteiger partial charge >= 0.3 is 6.03 Å².